The van der Waals surface area contributed by atoms with Crippen molar-refractivity contribution >= 4 is 0 Å². The fourth-order valence-electron chi connectivity index (χ4n) is 6.52. The van der Waals surface area contributed by atoms with Crippen molar-refractivity contribution in [3.05, 3.63) is 11.6 Å². The summed E-state index contributed by atoms with van der Waals surface area (Å²) in [5.74, 6) is 0.379. The van der Waals surface area contributed by atoms with Gasteiger partial charge in [-0.2, -0.15) is 0 Å². The summed E-state index contributed by atoms with van der Waals surface area (Å²) >= 11 is 0. The highest BCUT2D eigenvalue weighted by atomic mass is 19.1. The van der Waals surface area contributed by atoms with Gasteiger partial charge in [-0.15, -0.1) is 0 Å². The maximum atomic E-state index is 16.2. The van der Waals surface area contributed by atoms with Gasteiger partial charge in [-0.3, -0.25) is 16.0 Å². The lowest BCUT2D eigenvalue weighted by atomic mass is 9.67. The highest BCUT2D eigenvalue weighted by molar-refractivity contribution is 5.22. The molecule has 7 heteroatoms. The topological polar surface area (TPSA) is 60.6 Å². The molecule has 2 saturated carbocycles. The van der Waals surface area contributed by atoms with E-state index in [-0.39, 0.29) is 30.5 Å². The van der Waals surface area contributed by atoms with E-state index in [9.17, 15) is 0 Å². The third-order valence-electron chi connectivity index (χ3n) is 8.46. The van der Waals surface area contributed by atoms with Crippen LogP contribution in [0.5, 0.6) is 0 Å². The van der Waals surface area contributed by atoms with E-state index < -0.39 is 6.17 Å². The number of fused-ring (bicyclic) bond motifs is 2. The molecular weight excluding hydrogens is 381 g/mol. The summed E-state index contributed by atoms with van der Waals surface area (Å²) in [6, 6.07) is 0.237. The summed E-state index contributed by atoms with van der Waals surface area (Å²) in [4.78, 5) is 2.34. The zero-order chi connectivity index (χ0) is 20.9. The van der Waals surface area contributed by atoms with Crippen LogP contribution in [-0.2, 0) is 4.74 Å². The second kappa shape index (κ2) is 8.41. The molecule has 170 valence electrons. The van der Waals surface area contributed by atoms with Gasteiger partial charge < -0.3 is 15.0 Å². The average Bonchev–Trinajstić information content (AvgIpc) is 3.46. The average molecular weight is 422 g/mol. The molecule has 5 aliphatic rings. The quantitative estimate of drug-likeness (QED) is 0.517. The van der Waals surface area contributed by atoms with Crippen molar-refractivity contribution < 1.29 is 9.13 Å². The van der Waals surface area contributed by atoms with Gasteiger partial charge in [0.05, 0.1) is 18.9 Å². The van der Waals surface area contributed by atoms with Crippen molar-refractivity contribution in [3.8, 4) is 0 Å². The molecule has 8 atom stereocenters. The molecular formula is C23H40FN5O. The van der Waals surface area contributed by atoms with Gasteiger partial charge in [0.2, 0.25) is 0 Å². The zero-order valence-corrected chi connectivity index (χ0v) is 18.8. The molecule has 4 fully saturated rings. The number of alkyl halides is 1. The highest BCUT2D eigenvalue weighted by Crippen LogP contribution is 2.62. The molecule has 8 unspecified atom stereocenters. The number of nitrogens with one attached hydrogen (secondary N) is 4. The van der Waals surface area contributed by atoms with Crippen LogP contribution in [0.1, 0.15) is 45.4 Å². The SMILES string of the molecule is CNC1CC(C)NC(NC2CC3C(OCC34CC4)C(C3=CCN(C)CCC3)C2F)N1. The predicted octanol–water partition coefficient (Wildman–Crippen LogP) is 1.55. The lowest BCUT2D eigenvalue weighted by molar-refractivity contribution is -0.0273. The molecule has 2 saturated heterocycles. The number of likely N-dealkylation sites (N-methyl/N-ethyl adjacent to an activating group) is 1. The Hall–Kier alpha value is -0.570. The predicted molar refractivity (Wildman–Crippen MR) is 117 cm³/mol. The molecule has 0 amide bonds. The van der Waals surface area contributed by atoms with Crippen molar-refractivity contribution in [1.82, 2.24) is 26.2 Å². The van der Waals surface area contributed by atoms with E-state index in [0.29, 0.717) is 17.4 Å². The van der Waals surface area contributed by atoms with Crippen LogP contribution in [0.2, 0.25) is 0 Å². The number of rotatable bonds is 4. The molecule has 5 rings (SSSR count). The van der Waals surface area contributed by atoms with Crippen molar-refractivity contribution in [2.24, 2.45) is 17.3 Å². The van der Waals surface area contributed by atoms with E-state index in [1.54, 1.807) is 0 Å². The van der Waals surface area contributed by atoms with Crippen molar-refractivity contribution in [3.63, 3.8) is 0 Å². The monoisotopic (exact) mass is 421 g/mol. The van der Waals surface area contributed by atoms with Crippen LogP contribution in [0.15, 0.2) is 11.6 Å². The van der Waals surface area contributed by atoms with Crippen LogP contribution < -0.4 is 21.3 Å². The minimum absolute atomic E-state index is 0.0615. The minimum Gasteiger partial charge on any atom is -0.377 e. The van der Waals surface area contributed by atoms with Crippen LogP contribution in [0.25, 0.3) is 0 Å². The number of ether oxygens (including phenoxy) is 1. The molecule has 6 nitrogen and oxygen atoms in total. The Morgan fingerprint density at radius 2 is 2.10 bits per heavy atom. The summed E-state index contributed by atoms with van der Waals surface area (Å²) in [6.45, 7) is 5.04. The van der Waals surface area contributed by atoms with Crippen LogP contribution in [0, 0.1) is 17.3 Å². The number of halogens is 1. The van der Waals surface area contributed by atoms with E-state index in [0.717, 1.165) is 45.4 Å². The lowest BCUT2D eigenvalue weighted by Crippen LogP contribution is -2.69. The second-order valence-corrected chi connectivity index (χ2v) is 10.6. The molecule has 3 aliphatic heterocycles. The van der Waals surface area contributed by atoms with Crippen LogP contribution >= 0.6 is 0 Å². The fourth-order valence-corrected chi connectivity index (χ4v) is 6.52. The van der Waals surface area contributed by atoms with Crippen LogP contribution in [-0.4, -0.2) is 75.5 Å². The van der Waals surface area contributed by atoms with E-state index in [1.165, 1.54) is 18.4 Å². The molecule has 1 spiro atoms. The van der Waals surface area contributed by atoms with Crippen LogP contribution in [0.4, 0.5) is 4.39 Å². The van der Waals surface area contributed by atoms with E-state index in [1.807, 2.05) is 7.05 Å². The summed E-state index contributed by atoms with van der Waals surface area (Å²) in [7, 11) is 4.14. The van der Waals surface area contributed by atoms with Crippen molar-refractivity contribution in [2.45, 2.75) is 82.3 Å². The van der Waals surface area contributed by atoms with Gasteiger partial charge in [0.1, 0.15) is 12.5 Å². The highest BCUT2D eigenvalue weighted by Gasteiger charge is 2.63. The molecule has 0 aromatic heterocycles. The van der Waals surface area contributed by atoms with Gasteiger partial charge in [0.25, 0.3) is 0 Å². The lowest BCUT2D eigenvalue weighted by Gasteiger charge is -2.46. The minimum atomic E-state index is -0.913. The molecule has 3 heterocycles. The van der Waals surface area contributed by atoms with Gasteiger partial charge in [-0.05, 0) is 77.4 Å². The van der Waals surface area contributed by atoms with Crippen LogP contribution in [0.3, 0.4) is 0 Å². The van der Waals surface area contributed by atoms with Gasteiger partial charge in [0, 0.05) is 24.5 Å². The Morgan fingerprint density at radius 1 is 1.27 bits per heavy atom. The van der Waals surface area contributed by atoms with Crippen molar-refractivity contribution in [2.75, 3.05) is 33.8 Å². The van der Waals surface area contributed by atoms with Gasteiger partial charge in [-0.1, -0.05) is 11.6 Å². The first kappa shape index (κ1) is 21.3. The maximum absolute atomic E-state index is 16.2. The molecule has 2 aliphatic carbocycles. The van der Waals surface area contributed by atoms with Crippen molar-refractivity contribution in [1.29, 1.82) is 0 Å². The second-order valence-electron chi connectivity index (χ2n) is 10.6. The van der Waals surface area contributed by atoms with E-state index in [2.05, 4.69) is 46.2 Å². The summed E-state index contributed by atoms with van der Waals surface area (Å²) in [6.07, 6.45) is 8.15. The Bertz CT molecular complexity index is 656. The molecule has 30 heavy (non-hydrogen) atoms. The Labute approximate surface area is 180 Å². The van der Waals surface area contributed by atoms with E-state index >= 15 is 4.39 Å². The molecule has 0 aromatic rings. The summed E-state index contributed by atoms with van der Waals surface area (Å²) < 4.78 is 22.6. The Kier molecular flexibility index (Phi) is 5.97. The third kappa shape index (κ3) is 3.97. The number of hydrogen-bond acceptors (Lipinski definition) is 6. The molecule has 4 N–H and O–H groups in total. The summed E-state index contributed by atoms with van der Waals surface area (Å²) in [5, 5.41) is 14.1. The molecule has 0 bridgehead atoms. The Balaban J connectivity index is 1.37. The van der Waals surface area contributed by atoms with Gasteiger partial charge >= 0.3 is 0 Å². The number of nitrogens with zero attached hydrogens (tertiary/aromatic N) is 1. The largest absolute Gasteiger partial charge is 0.377 e. The molecule has 0 radical (unpaired) electrons. The van der Waals surface area contributed by atoms with Gasteiger partial charge in [0.15, 0.2) is 0 Å². The first-order valence-electron chi connectivity index (χ1n) is 12.1. The fraction of sp³-hybridized carbons (Fsp3) is 0.913. The van der Waals surface area contributed by atoms with E-state index in [4.69, 9.17) is 4.74 Å². The Morgan fingerprint density at radius 3 is 2.87 bits per heavy atom. The third-order valence-corrected chi connectivity index (χ3v) is 8.46. The normalized spacial score (nSPS) is 46.3. The number of hydrogen-bond donors (Lipinski definition) is 4. The first-order valence-corrected chi connectivity index (χ1v) is 12.1. The smallest absolute Gasteiger partial charge is 0.124 e. The zero-order valence-electron chi connectivity index (χ0n) is 18.8. The standard InChI is InChI=1S/C23H40FN5O/c1-14-11-18(25-2)28-22(26-14)27-17-12-16-21(30-13-23(16)7-8-23)19(20(17)24)15-5-4-9-29(3)10-6-15/h6,14,16-22,25-28H,4-5,7-13H2,1-3H3. The first-order chi connectivity index (χ1) is 14.5. The molecule has 0 aromatic carbocycles. The summed E-state index contributed by atoms with van der Waals surface area (Å²) in [5.41, 5.74) is 1.64. The van der Waals surface area contributed by atoms with Gasteiger partial charge in [-0.25, -0.2) is 4.39 Å². The maximum Gasteiger partial charge on any atom is 0.124 e.